The van der Waals surface area contributed by atoms with Gasteiger partial charge in [0.15, 0.2) is 0 Å². The van der Waals surface area contributed by atoms with Crippen molar-refractivity contribution in [1.29, 1.82) is 0 Å². The minimum atomic E-state index is 0.839. The van der Waals surface area contributed by atoms with Gasteiger partial charge in [-0.2, -0.15) is 0 Å². The molecule has 0 bridgehead atoms. The lowest BCUT2D eigenvalue weighted by molar-refractivity contribution is 1.40. The van der Waals surface area contributed by atoms with Crippen molar-refractivity contribution in [2.24, 2.45) is 0 Å². The van der Waals surface area contributed by atoms with Crippen LogP contribution in [0.2, 0.25) is 0 Å². The van der Waals surface area contributed by atoms with E-state index in [4.69, 9.17) is 5.73 Å². The van der Waals surface area contributed by atoms with Gasteiger partial charge in [0.1, 0.15) is 0 Å². The molecule has 12 heavy (non-hydrogen) atoms. The van der Waals surface area contributed by atoms with E-state index in [9.17, 15) is 0 Å². The highest BCUT2D eigenvalue weighted by atomic mass is 14.7. The molecule has 2 nitrogen and oxygen atoms in total. The fraction of sp³-hybridized carbons (Fsp3) is 0.200. The number of fused-ring (bicyclic) bond motifs is 1. The number of aromatic amines is 1. The summed E-state index contributed by atoms with van der Waals surface area (Å²) in [5.41, 5.74) is 10.3. The van der Waals surface area contributed by atoms with Gasteiger partial charge in [0.25, 0.3) is 0 Å². The second-order valence-electron chi connectivity index (χ2n) is 3.19. The Hall–Kier alpha value is -1.44. The molecule has 1 aromatic carbocycles. The lowest BCUT2D eigenvalue weighted by Crippen LogP contribution is -1.84. The number of nitrogen functional groups attached to an aromatic ring is 1. The van der Waals surface area contributed by atoms with Crippen molar-refractivity contribution in [3.63, 3.8) is 0 Å². The Balaban J connectivity index is 2.98. The summed E-state index contributed by atoms with van der Waals surface area (Å²) in [7, 11) is 0. The maximum absolute atomic E-state index is 5.81. The number of benzene rings is 1. The van der Waals surface area contributed by atoms with Crippen LogP contribution in [0.25, 0.3) is 10.9 Å². The van der Waals surface area contributed by atoms with Crippen LogP contribution in [0.3, 0.4) is 0 Å². The maximum Gasteiger partial charge on any atom is 0.0574 e. The first-order valence-electron chi connectivity index (χ1n) is 4.03. The van der Waals surface area contributed by atoms with Gasteiger partial charge >= 0.3 is 0 Å². The van der Waals surface area contributed by atoms with Crippen LogP contribution in [-0.4, -0.2) is 4.98 Å². The second-order valence-corrected chi connectivity index (χ2v) is 3.19. The molecule has 0 aliphatic rings. The highest BCUT2D eigenvalue weighted by molar-refractivity contribution is 5.95. The van der Waals surface area contributed by atoms with E-state index in [1.54, 1.807) is 0 Å². The van der Waals surface area contributed by atoms with Gasteiger partial charge in [0.2, 0.25) is 0 Å². The second kappa shape index (κ2) is 2.27. The van der Waals surface area contributed by atoms with Crippen LogP contribution in [-0.2, 0) is 0 Å². The van der Waals surface area contributed by atoms with Crippen LogP contribution >= 0.6 is 0 Å². The van der Waals surface area contributed by atoms with Gasteiger partial charge in [0, 0.05) is 11.6 Å². The molecule has 0 radical (unpaired) electrons. The quantitative estimate of drug-likeness (QED) is 0.610. The molecule has 0 spiro atoms. The molecule has 2 rings (SSSR count). The van der Waals surface area contributed by atoms with E-state index >= 15 is 0 Å². The molecule has 0 saturated carbocycles. The number of aromatic nitrogens is 1. The normalized spacial score (nSPS) is 10.8. The largest absolute Gasteiger partial charge is 0.397 e. The first-order chi connectivity index (χ1) is 5.70. The van der Waals surface area contributed by atoms with Crippen LogP contribution in [0.4, 0.5) is 5.69 Å². The van der Waals surface area contributed by atoms with E-state index in [2.05, 4.69) is 31.0 Å². The van der Waals surface area contributed by atoms with Crippen molar-refractivity contribution in [1.82, 2.24) is 4.98 Å². The first-order valence-corrected chi connectivity index (χ1v) is 4.03. The van der Waals surface area contributed by atoms with E-state index in [1.165, 1.54) is 11.1 Å². The minimum absolute atomic E-state index is 0.839. The van der Waals surface area contributed by atoms with E-state index in [-0.39, 0.29) is 0 Å². The van der Waals surface area contributed by atoms with E-state index in [1.807, 2.05) is 6.20 Å². The molecule has 0 amide bonds. The Labute approximate surface area is 71.4 Å². The number of anilines is 1. The van der Waals surface area contributed by atoms with Crippen molar-refractivity contribution >= 4 is 16.6 Å². The third-order valence-electron chi connectivity index (χ3n) is 2.28. The molecule has 3 N–H and O–H groups in total. The Bertz CT molecular complexity index is 427. The number of rotatable bonds is 0. The van der Waals surface area contributed by atoms with Crippen LogP contribution in [0, 0.1) is 13.8 Å². The highest BCUT2D eigenvalue weighted by Crippen LogP contribution is 2.26. The molecule has 0 unspecified atom stereocenters. The van der Waals surface area contributed by atoms with E-state index in [0.29, 0.717) is 0 Å². The third kappa shape index (κ3) is 0.811. The van der Waals surface area contributed by atoms with E-state index < -0.39 is 0 Å². The van der Waals surface area contributed by atoms with Crippen LogP contribution in [0.15, 0.2) is 18.3 Å². The smallest absolute Gasteiger partial charge is 0.0574 e. The van der Waals surface area contributed by atoms with Gasteiger partial charge in [-0.1, -0.05) is 12.1 Å². The average molecular weight is 160 g/mol. The third-order valence-corrected chi connectivity index (χ3v) is 2.28. The SMILES string of the molecule is Cc1ccc(C)c2c(N)c[nH]c12. The Morgan fingerprint density at radius 3 is 2.50 bits per heavy atom. The molecular weight excluding hydrogens is 148 g/mol. The number of nitrogens with two attached hydrogens (primary N) is 1. The minimum Gasteiger partial charge on any atom is -0.397 e. The summed E-state index contributed by atoms with van der Waals surface area (Å²) in [6.45, 7) is 4.16. The Morgan fingerprint density at radius 1 is 1.17 bits per heavy atom. The Kier molecular flexibility index (Phi) is 1.37. The molecule has 1 aromatic heterocycles. The maximum atomic E-state index is 5.81. The molecule has 2 aromatic rings. The van der Waals surface area contributed by atoms with Crippen molar-refractivity contribution in [3.8, 4) is 0 Å². The molecule has 62 valence electrons. The standard InChI is InChI=1S/C10H12N2/c1-6-3-4-7(2)10-9(6)8(11)5-12-10/h3-5,12H,11H2,1-2H3. The molecule has 0 atom stereocenters. The molecule has 1 heterocycles. The van der Waals surface area contributed by atoms with Gasteiger partial charge in [-0.25, -0.2) is 0 Å². The number of hydrogen-bond donors (Lipinski definition) is 2. The zero-order chi connectivity index (χ0) is 8.72. The van der Waals surface area contributed by atoms with E-state index in [0.717, 1.165) is 16.6 Å². The highest BCUT2D eigenvalue weighted by Gasteiger charge is 2.04. The average Bonchev–Trinajstić information content (AvgIpc) is 2.42. The molecule has 0 fully saturated rings. The zero-order valence-corrected chi connectivity index (χ0v) is 7.31. The topological polar surface area (TPSA) is 41.8 Å². The van der Waals surface area contributed by atoms with Gasteiger partial charge in [-0.3, -0.25) is 0 Å². The fourth-order valence-electron chi connectivity index (χ4n) is 1.59. The predicted octanol–water partition coefficient (Wildman–Crippen LogP) is 2.37. The number of aryl methyl sites for hydroxylation is 2. The summed E-state index contributed by atoms with van der Waals surface area (Å²) in [5.74, 6) is 0. The van der Waals surface area contributed by atoms with Gasteiger partial charge in [-0.05, 0) is 25.0 Å². The fourth-order valence-corrected chi connectivity index (χ4v) is 1.59. The summed E-state index contributed by atoms with van der Waals surface area (Å²) in [6.07, 6.45) is 1.85. The summed E-state index contributed by atoms with van der Waals surface area (Å²) >= 11 is 0. The van der Waals surface area contributed by atoms with Crippen LogP contribution in [0.5, 0.6) is 0 Å². The molecule has 0 saturated heterocycles. The van der Waals surface area contributed by atoms with Gasteiger partial charge < -0.3 is 10.7 Å². The predicted molar refractivity (Wildman–Crippen MR) is 52.2 cm³/mol. The Morgan fingerprint density at radius 2 is 1.83 bits per heavy atom. The molecule has 2 heteroatoms. The number of hydrogen-bond acceptors (Lipinski definition) is 1. The van der Waals surface area contributed by atoms with Crippen molar-refractivity contribution in [2.45, 2.75) is 13.8 Å². The zero-order valence-electron chi connectivity index (χ0n) is 7.31. The van der Waals surface area contributed by atoms with Crippen LogP contribution in [0.1, 0.15) is 11.1 Å². The summed E-state index contributed by atoms with van der Waals surface area (Å²) in [5, 5.41) is 1.16. The monoisotopic (exact) mass is 160 g/mol. The first kappa shape index (κ1) is 7.22. The summed E-state index contributed by atoms with van der Waals surface area (Å²) < 4.78 is 0. The molecule has 0 aliphatic carbocycles. The van der Waals surface area contributed by atoms with Crippen molar-refractivity contribution in [2.75, 3.05) is 5.73 Å². The molecular formula is C10H12N2. The number of nitrogens with one attached hydrogen (secondary N) is 1. The lowest BCUT2D eigenvalue weighted by Gasteiger charge is -2.00. The molecule has 0 aliphatic heterocycles. The van der Waals surface area contributed by atoms with Gasteiger partial charge in [-0.15, -0.1) is 0 Å². The summed E-state index contributed by atoms with van der Waals surface area (Å²) in [6, 6.07) is 4.20. The van der Waals surface area contributed by atoms with Crippen LogP contribution < -0.4 is 5.73 Å². The number of H-pyrrole nitrogens is 1. The summed E-state index contributed by atoms with van der Waals surface area (Å²) in [4.78, 5) is 3.17. The van der Waals surface area contributed by atoms with Crippen molar-refractivity contribution in [3.05, 3.63) is 29.5 Å². The van der Waals surface area contributed by atoms with Crippen molar-refractivity contribution < 1.29 is 0 Å². The lowest BCUT2D eigenvalue weighted by atomic mass is 10.1. The van der Waals surface area contributed by atoms with Gasteiger partial charge in [0.05, 0.1) is 11.2 Å².